The van der Waals surface area contributed by atoms with Crippen LogP contribution < -0.4 is 0 Å². The number of likely N-dealkylation sites (tertiary alicyclic amines) is 1. The lowest BCUT2D eigenvalue weighted by molar-refractivity contribution is -0.129. The summed E-state index contributed by atoms with van der Waals surface area (Å²) in [7, 11) is 0. The van der Waals surface area contributed by atoms with Crippen molar-refractivity contribution in [3.8, 4) is 0 Å². The second-order valence-electron chi connectivity index (χ2n) is 5.54. The number of halogens is 1. The SMILES string of the molecule is O=C(Cc1ccccc1)N1CCC(c2ccc(F)cc2)C1. The molecule has 0 aromatic heterocycles. The van der Waals surface area contributed by atoms with Crippen LogP contribution in [-0.2, 0) is 11.2 Å². The van der Waals surface area contributed by atoms with E-state index in [1.54, 1.807) is 0 Å². The topological polar surface area (TPSA) is 20.3 Å². The van der Waals surface area contributed by atoms with Crippen molar-refractivity contribution >= 4 is 5.91 Å². The Hall–Kier alpha value is -2.16. The van der Waals surface area contributed by atoms with E-state index in [1.807, 2.05) is 47.4 Å². The molecule has 108 valence electrons. The minimum atomic E-state index is -0.214. The quantitative estimate of drug-likeness (QED) is 0.845. The molecule has 2 nitrogen and oxygen atoms in total. The molecule has 1 aliphatic rings. The molecule has 1 amide bonds. The summed E-state index contributed by atoms with van der Waals surface area (Å²) in [5.74, 6) is 0.282. The van der Waals surface area contributed by atoms with Crippen LogP contribution in [0.15, 0.2) is 54.6 Å². The number of nitrogens with zero attached hydrogens (tertiary/aromatic N) is 1. The summed E-state index contributed by atoms with van der Waals surface area (Å²) in [4.78, 5) is 14.2. The van der Waals surface area contributed by atoms with Gasteiger partial charge in [0.2, 0.25) is 5.91 Å². The van der Waals surface area contributed by atoms with Gasteiger partial charge in [0, 0.05) is 19.0 Å². The molecule has 0 spiro atoms. The van der Waals surface area contributed by atoms with E-state index in [1.165, 1.54) is 12.1 Å². The highest BCUT2D eigenvalue weighted by atomic mass is 19.1. The van der Waals surface area contributed by atoms with Gasteiger partial charge in [-0.05, 0) is 29.7 Å². The Morgan fingerprint density at radius 3 is 2.52 bits per heavy atom. The van der Waals surface area contributed by atoms with E-state index in [0.29, 0.717) is 12.3 Å². The molecule has 1 saturated heterocycles. The van der Waals surface area contributed by atoms with Crippen LogP contribution in [0.5, 0.6) is 0 Å². The van der Waals surface area contributed by atoms with Gasteiger partial charge in [-0.2, -0.15) is 0 Å². The first-order valence-corrected chi connectivity index (χ1v) is 7.29. The van der Waals surface area contributed by atoms with E-state index in [0.717, 1.165) is 30.6 Å². The highest BCUT2D eigenvalue weighted by Crippen LogP contribution is 2.27. The van der Waals surface area contributed by atoms with Crippen LogP contribution in [0.4, 0.5) is 4.39 Å². The number of hydrogen-bond donors (Lipinski definition) is 0. The first-order valence-electron chi connectivity index (χ1n) is 7.29. The van der Waals surface area contributed by atoms with Crippen molar-refractivity contribution in [3.63, 3.8) is 0 Å². The van der Waals surface area contributed by atoms with Crippen molar-refractivity contribution in [2.24, 2.45) is 0 Å². The van der Waals surface area contributed by atoms with Gasteiger partial charge in [0.25, 0.3) is 0 Å². The van der Waals surface area contributed by atoms with Gasteiger partial charge in [-0.25, -0.2) is 4.39 Å². The average Bonchev–Trinajstić information content (AvgIpc) is 2.99. The zero-order valence-corrected chi connectivity index (χ0v) is 11.8. The fourth-order valence-corrected chi connectivity index (χ4v) is 2.88. The molecule has 3 heteroatoms. The molecule has 3 rings (SSSR count). The van der Waals surface area contributed by atoms with Gasteiger partial charge >= 0.3 is 0 Å². The molecule has 0 bridgehead atoms. The molecule has 1 unspecified atom stereocenters. The van der Waals surface area contributed by atoms with E-state index >= 15 is 0 Å². The molecule has 0 saturated carbocycles. The second kappa shape index (κ2) is 6.08. The number of hydrogen-bond acceptors (Lipinski definition) is 1. The molecule has 1 fully saturated rings. The molecule has 1 heterocycles. The van der Waals surface area contributed by atoms with Gasteiger partial charge in [-0.15, -0.1) is 0 Å². The molecule has 0 aliphatic carbocycles. The smallest absolute Gasteiger partial charge is 0.227 e. The van der Waals surface area contributed by atoms with Crippen molar-refractivity contribution in [2.45, 2.75) is 18.8 Å². The third kappa shape index (κ3) is 3.30. The largest absolute Gasteiger partial charge is 0.342 e. The summed E-state index contributed by atoms with van der Waals surface area (Å²) < 4.78 is 13.0. The number of carbonyl (C=O) groups excluding carboxylic acids is 1. The van der Waals surface area contributed by atoms with Crippen molar-refractivity contribution in [1.82, 2.24) is 4.90 Å². The number of amides is 1. The molecule has 1 aliphatic heterocycles. The fraction of sp³-hybridized carbons (Fsp3) is 0.278. The highest BCUT2D eigenvalue weighted by molar-refractivity contribution is 5.79. The Kier molecular flexibility index (Phi) is 4.00. The molecular formula is C18H18FNO. The number of carbonyl (C=O) groups is 1. The summed E-state index contributed by atoms with van der Waals surface area (Å²) in [6.45, 7) is 1.52. The summed E-state index contributed by atoms with van der Waals surface area (Å²) >= 11 is 0. The van der Waals surface area contributed by atoms with Gasteiger partial charge in [-0.3, -0.25) is 4.79 Å². The molecule has 21 heavy (non-hydrogen) atoms. The zero-order chi connectivity index (χ0) is 14.7. The lowest BCUT2D eigenvalue weighted by Gasteiger charge is -2.17. The summed E-state index contributed by atoms with van der Waals surface area (Å²) in [5, 5.41) is 0. The maximum Gasteiger partial charge on any atom is 0.227 e. The maximum absolute atomic E-state index is 13.0. The van der Waals surface area contributed by atoms with Crippen LogP contribution in [0.3, 0.4) is 0 Å². The predicted octanol–water partition coefficient (Wildman–Crippen LogP) is 3.38. The third-order valence-corrected chi connectivity index (χ3v) is 4.08. The molecule has 1 atom stereocenters. The van der Waals surface area contributed by atoms with Crippen molar-refractivity contribution < 1.29 is 9.18 Å². The fourth-order valence-electron chi connectivity index (χ4n) is 2.88. The number of rotatable bonds is 3. The van der Waals surface area contributed by atoms with Crippen molar-refractivity contribution in [3.05, 3.63) is 71.5 Å². The zero-order valence-electron chi connectivity index (χ0n) is 11.8. The Morgan fingerprint density at radius 1 is 1.10 bits per heavy atom. The Bertz CT molecular complexity index is 609. The summed E-state index contributed by atoms with van der Waals surface area (Å²) in [6, 6.07) is 16.4. The minimum absolute atomic E-state index is 0.172. The van der Waals surface area contributed by atoms with Gasteiger partial charge < -0.3 is 4.90 Å². The molecule has 0 radical (unpaired) electrons. The maximum atomic E-state index is 13.0. The second-order valence-corrected chi connectivity index (χ2v) is 5.54. The Labute approximate surface area is 124 Å². The van der Waals surface area contributed by atoms with E-state index in [2.05, 4.69) is 0 Å². The van der Waals surface area contributed by atoms with E-state index < -0.39 is 0 Å². The summed E-state index contributed by atoms with van der Waals surface area (Å²) in [5.41, 5.74) is 2.17. The van der Waals surface area contributed by atoms with Gasteiger partial charge in [0.1, 0.15) is 5.82 Å². The van der Waals surface area contributed by atoms with Crippen molar-refractivity contribution in [2.75, 3.05) is 13.1 Å². The molecule has 2 aromatic rings. The lowest BCUT2D eigenvalue weighted by atomic mass is 9.99. The Balaban J connectivity index is 1.61. The van der Waals surface area contributed by atoms with Crippen LogP contribution in [0.2, 0.25) is 0 Å². The predicted molar refractivity (Wildman–Crippen MR) is 80.5 cm³/mol. The molecule has 2 aromatic carbocycles. The normalized spacial score (nSPS) is 18.0. The van der Waals surface area contributed by atoms with Gasteiger partial charge in [-0.1, -0.05) is 42.5 Å². The summed E-state index contributed by atoms with van der Waals surface area (Å²) in [6.07, 6.45) is 1.41. The van der Waals surface area contributed by atoms with E-state index in [9.17, 15) is 9.18 Å². The van der Waals surface area contributed by atoms with Crippen molar-refractivity contribution in [1.29, 1.82) is 0 Å². The van der Waals surface area contributed by atoms with E-state index in [4.69, 9.17) is 0 Å². The monoisotopic (exact) mass is 283 g/mol. The molecular weight excluding hydrogens is 265 g/mol. The first kappa shape index (κ1) is 13.8. The average molecular weight is 283 g/mol. The van der Waals surface area contributed by atoms with Crippen LogP contribution in [0, 0.1) is 5.82 Å². The van der Waals surface area contributed by atoms with Crippen LogP contribution in [0.1, 0.15) is 23.5 Å². The van der Waals surface area contributed by atoms with Crippen LogP contribution in [-0.4, -0.2) is 23.9 Å². The van der Waals surface area contributed by atoms with Crippen LogP contribution >= 0.6 is 0 Å². The number of benzene rings is 2. The van der Waals surface area contributed by atoms with E-state index in [-0.39, 0.29) is 11.7 Å². The van der Waals surface area contributed by atoms with Gasteiger partial charge in [0.05, 0.1) is 6.42 Å². The Morgan fingerprint density at radius 2 is 1.81 bits per heavy atom. The standard InChI is InChI=1S/C18H18FNO/c19-17-8-6-15(7-9-17)16-10-11-20(13-16)18(21)12-14-4-2-1-3-5-14/h1-9,16H,10-13H2. The lowest BCUT2D eigenvalue weighted by Crippen LogP contribution is -2.29. The van der Waals surface area contributed by atoms with Crippen LogP contribution in [0.25, 0.3) is 0 Å². The first-order chi connectivity index (χ1) is 10.2. The van der Waals surface area contributed by atoms with Gasteiger partial charge in [0.15, 0.2) is 0 Å². The minimum Gasteiger partial charge on any atom is -0.342 e. The third-order valence-electron chi connectivity index (χ3n) is 4.08. The highest BCUT2D eigenvalue weighted by Gasteiger charge is 2.27. The molecule has 0 N–H and O–H groups in total.